The van der Waals surface area contributed by atoms with Crippen LogP contribution in [0.15, 0.2) is 16.7 Å². The summed E-state index contributed by atoms with van der Waals surface area (Å²) in [5.41, 5.74) is 0.971. The molecule has 0 radical (unpaired) electrons. The Hall–Kier alpha value is -0.610. The lowest BCUT2D eigenvalue weighted by atomic mass is 10.2. The molecule has 2 rings (SSSR count). The number of hydrogen-bond acceptors (Lipinski definition) is 3. The maximum atomic E-state index is 5.71. The molecule has 0 unspecified atom stereocenters. The first-order chi connectivity index (χ1) is 7.25. The lowest BCUT2D eigenvalue weighted by molar-refractivity contribution is -0.106. The minimum absolute atomic E-state index is 0.112. The second kappa shape index (κ2) is 4.94. The highest BCUT2D eigenvalue weighted by atomic mass is 79.9. The van der Waals surface area contributed by atoms with Crippen LogP contribution in [-0.4, -0.2) is 17.9 Å². The van der Waals surface area contributed by atoms with Gasteiger partial charge in [0.15, 0.2) is 12.0 Å². The predicted octanol–water partition coefficient (Wildman–Crippen LogP) is 3.06. The molecule has 0 spiro atoms. The third kappa shape index (κ3) is 2.92. The van der Waals surface area contributed by atoms with Crippen LogP contribution in [0.3, 0.4) is 0 Å². The van der Waals surface area contributed by atoms with Crippen molar-refractivity contribution >= 4 is 15.9 Å². The van der Waals surface area contributed by atoms with Gasteiger partial charge < -0.3 is 9.47 Å². The van der Waals surface area contributed by atoms with Crippen molar-refractivity contribution in [3.05, 3.63) is 22.4 Å². The molecule has 15 heavy (non-hydrogen) atoms. The lowest BCUT2D eigenvalue weighted by Crippen LogP contribution is -2.25. The van der Waals surface area contributed by atoms with E-state index in [9.17, 15) is 0 Å². The minimum Gasteiger partial charge on any atom is -0.462 e. The van der Waals surface area contributed by atoms with Crippen LogP contribution in [0.1, 0.15) is 25.0 Å². The third-order valence-corrected chi connectivity index (χ3v) is 2.97. The van der Waals surface area contributed by atoms with Crippen molar-refractivity contribution in [3.63, 3.8) is 0 Å². The molecule has 2 heterocycles. The second-order valence-corrected chi connectivity index (χ2v) is 4.52. The summed E-state index contributed by atoms with van der Waals surface area (Å²) in [7, 11) is 0. The van der Waals surface area contributed by atoms with E-state index in [-0.39, 0.29) is 6.29 Å². The van der Waals surface area contributed by atoms with E-state index in [4.69, 9.17) is 9.47 Å². The minimum atomic E-state index is -0.112. The topological polar surface area (TPSA) is 31.4 Å². The van der Waals surface area contributed by atoms with Gasteiger partial charge in [-0.1, -0.05) is 0 Å². The fraction of sp³-hybridized carbons (Fsp3) is 0.545. The van der Waals surface area contributed by atoms with Crippen molar-refractivity contribution in [1.29, 1.82) is 0 Å². The van der Waals surface area contributed by atoms with Gasteiger partial charge in [-0.3, -0.25) is 4.98 Å². The Morgan fingerprint density at radius 2 is 2.40 bits per heavy atom. The van der Waals surface area contributed by atoms with Crippen LogP contribution in [0.5, 0.6) is 5.75 Å². The zero-order valence-electron chi connectivity index (χ0n) is 8.70. The Kier molecular flexibility index (Phi) is 3.59. The van der Waals surface area contributed by atoms with E-state index in [0.717, 1.165) is 35.4 Å². The SMILES string of the molecule is Cc1cc(Br)c(O[C@@H]2CCCCO2)cn1. The van der Waals surface area contributed by atoms with Gasteiger partial charge >= 0.3 is 0 Å². The van der Waals surface area contributed by atoms with E-state index >= 15 is 0 Å². The number of ether oxygens (including phenoxy) is 2. The van der Waals surface area contributed by atoms with Crippen LogP contribution >= 0.6 is 15.9 Å². The Morgan fingerprint density at radius 3 is 3.07 bits per heavy atom. The quantitative estimate of drug-likeness (QED) is 0.829. The molecule has 0 bridgehead atoms. The van der Waals surface area contributed by atoms with Crippen molar-refractivity contribution < 1.29 is 9.47 Å². The first-order valence-electron chi connectivity index (χ1n) is 5.16. The summed E-state index contributed by atoms with van der Waals surface area (Å²) >= 11 is 3.45. The van der Waals surface area contributed by atoms with Gasteiger partial charge in [0.05, 0.1) is 17.3 Å². The van der Waals surface area contributed by atoms with Gasteiger partial charge in [0.1, 0.15) is 0 Å². The Morgan fingerprint density at radius 1 is 1.53 bits per heavy atom. The molecule has 0 N–H and O–H groups in total. The van der Waals surface area contributed by atoms with E-state index in [2.05, 4.69) is 20.9 Å². The van der Waals surface area contributed by atoms with Gasteiger partial charge in [0.2, 0.25) is 0 Å². The Labute approximate surface area is 97.9 Å². The molecule has 4 heteroatoms. The number of nitrogens with zero attached hydrogens (tertiary/aromatic N) is 1. The summed E-state index contributed by atoms with van der Waals surface area (Å²) in [5, 5.41) is 0. The number of halogens is 1. The number of hydrogen-bond donors (Lipinski definition) is 0. The molecule has 1 aromatic heterocycles. The van der Waals surface area contributed by atoms with E-state index in [1.165, 1.54) is 6.42 Å². The van der Waals surface area contributed by atoms with E-state index in [1.54, 1.807) is 6.20 Å². The Balaban J connectivity index is 2.03. The highest BCUT2D eigenvalue weighted by Crippen LogP contribution is 2.27. The summed E-state index contributed by atoms with van der Waals surface area (Å²) in [6.45, 7) is 2.74. The first kappa shape index (κ1) is 10.9. The number of aryl methyl sites for hydroxylation is 1. The third-order valence-electron chi connectivity index (χ3n) is 2.35. The molecule has 1 aliphatic rings. The van der Waals surface area contributed by atoms with Crippen LogP contribution in [0, 0.1) is 6.92 Å². The van der Waals surface area contributed by atoms with Gasteiger partial charge in [0, 0.05) is 12.1 Å². The Bertz CT molecular complexity index is 337. The molecule has 1 atom stereocenters. The fourth-order valence-corrected chi connectivity index (χ4v) is 2.07. The normalized spacial score (nSPS) is 21.3. The highest BCUT2D eigenvalue weighted by molar-refractivity contribution is 9.10. The predicted molar refractivity (Wildman–Crippen MR) is 60.9 cm³/mol. The molecule has 1 saturated heterocycles. The van der Waals surface area contributed by atoms with Gasteiger partial charge in [-0.25, -0.2) is 0 Å². The standard InChI is InChI=1S/C11H14BrNO2/c1-8-6-9(12)10(7-13-8)15-11-4-2-3-5-14-11/h6-7,11H,2-5H2,1H3/t11-/m1/s1. The van der Waals surface area contributed by atoms with Gasteiger partial charge in [-0.2, -0.15) is 0 Å². The van der Waals surface area contributed by atoms with Crippen molar-refractivity contribution in [3.8, 4) is 5.75 Å². The smallest absolute Gasteiger partial charge is 0.199 e. The summed E-state index contributed by atoms with van der Waals surface area (Å²) in [5.74, 6) is 0.757. The molecule has 1 aliphatic heterocycles. The summed E-state index contributed by atoms with van der Waals surface area (Å²) in [6.07, 6.45) is 4.88. The van der Waals surface area contributed by atoms with Crippen LogP contribution in [0.25, 0.3) is 0 Å². The largest absolute Gasteiger partial charge is 0.462 e. The van der Waals surface area contributed by atoms with Crippen molar-refractivity contribution in [2.45, 2.75) is 32.5 Å². The van der Waals surface area contributed by atoms with E-state index < -0.39 is 0 Å². The average molecular weight is 272 g/mol. The average Bonchev–Trinajstić information content (AvgIpc) is 2.24. The summed E-state index contributed by atoms with van der Waals surface area (Å²) < 4.78 is 12.1. The van der Waals surface area contributed by atoms with Crippen LogP contribution in [0.2, 0.25) is 0 Å². The van der Waals surface area contributed by atoms with E-state index in [0.29, 0.717) is 0 Å². The van der Waals surface area contributed by atoms with Crippen molar-refractivity contribution in [1.82, 2.24) is 4.98 Å². The monoisotopic (exact) mass is 271 g/mol. The molecule has 1 aromatic rings. The molecule has 0 aliphatic carbocycles. The van der Waals surface area contributed by atoms with Crippen LogP contribution in [0.4, 0.5) is 0 Å². The molecule has 3 nitrogen and oxygen atoms in total. The second-order valence-electron chi connectivity index (χ2n) is 3.67. The van der Waals surface area contributed by atoms with Gasteiger partial charge in [-0.15, -0.1) is 0 Å². The zero-order valence-corrected chi connectivity index (χ0v) is 10.3. The van der Waals surface area contributed by atoms with E-state index in [1.807, 2.05) is 13.0 Å². The highest BCUT2D eigenvalue weighted by Gasteiger charge is 2.16. The van der Waals surface area contributed by atoms with Crippen molar-refractivity contribution in [2.75, 3.05) is 6.61 Å². The zero-order chi connectivity index (χ0) is 10.7. The summed E-state index contributed by atoms with van der Waals surface area (Å²) in [6, 6.07) is 1.94. The van der Waals surface area contributed by atoms with Crippen LogP contribution < -0.4 is 4.74 Å². The summed E-state index contributed by atoms with van der Waals surface area (Å²) in [4.78, 5) is 4.19. The first-order valence-corrected chi connectivity index (χ1v) is 5.95. The van der Waals surface area contributed by atoms with Crippen LogP contribution in [-0.2, 0) is 4.74 Å². The van der Waals surface area contributed by atoms with Gasteiger partial charge in [0.25, 0.3) is 0 Å². The number of rotatable bonds is 2. The fourth-order valence-electron chi connectivity index (χ4n) is 1.55. The molecular formula is C11H14BrNO2. The number of aromatic nitrogens is 1. The molecule has 82 valence electrons. The maximum Gasteiger partial charge on any atom is 0.199 e. The molecule has 0 aromatic carbocycles. The van der Waals surface area contributed by atoms with Crippen molar-refractivity contribution in [2.24, 2.45) is 0 Å². The van der Waals surface area contributed by atoms with Gasteiger partial charge in [-0.05, 0) is 41.8 Å². The number of pyridine rings is 1. The molecule has 1 fully saturated rings. The lowest BCUT2D eigenvalue weighted by Gasteiger charge is -2.23. The molecule has 0 amide bonds. The molecule has 0 saturated carbocycles. The maximum absolute atomic E-state index is 5.71. The molecular weight excluding hydrogens is 258 g/mol.